The topological polar surface area (TPSA) is 99.3 Å². The maximum absolute atomic E-state index is 12.1. The Hall–Kier alpha value is -2.18. The van der Waals surface area contributed by atoms with Crippen LogP contribution in [0, 0.1) is 0 Å². The number of nitrogens with zero attached hydrogens (tertiary/aromatic N) is 3. The number of amides is 1. The van der Waals surface area contributed by atoms with Crippen LogP contribution >= 0.6 is 0 Å². The van der Waals surface area contributed by atoms with Crippen LogP contribution < -0.4 is 5.32 Å². The lowest BCUT2D eigenvalue weighted by atomic mass is 10.1. The Morgan fingerprint density at radius 1 is 1.22 bits per heavy atom. The third-order valence-electron chi connectivity index (χ3n) is 3.17. The Morgan fingerprint density at radius 2 is 2.11 bits per heavy atom. The summed E-state index contributed by atoms with van der Waals surface area (Å²) in [4.78, 5) is 15.9. The molecule has 0 atom stereocenters. The number of rotatable bonds is 2. The van der Waals surface area contributed by atoms with E-state index in [0.717, 1.165) is 36.9 Å². The second kappa shape index (κ2) is 4.59. The van der Waals surface area contributed by atoms with E-state index >= 15 is 0 Å². The zero-order valence-corrected chi connectivity index (χ0v) is 9.86. The first-order chi connectivity index (χ1) is 8.84. The predicted octanol–water partition coefficient (Wildman–Crippen LogP) is 1.05. The first-order valence-electron chi connectivity index (χ1n) is 6.07. The van der Waals surface area contributed by atoms with Crippen LogP contribution in [0.15, 0.2) is 6.33 Å². The molecule has 0 unspecified atom stereocenters. The van der Waals surface area contributed by atoms with Crippen LogP contribution in [-0.4, -0.2) is 31.3 Å². The number of aromatic nitrogens is 5. The molecular weight excluding hydrogens is 232 g/mol. The van der Waals surface area contributed by atoms with Crippen molar-refractivity contribution in [2.45, 2.75) is 32.1 Å². The Balaban J connectivity index is 1.83. The van der Waals surface area contributed by atoms with Crippen molar-refractivity contribution in [1.29, 1.82) is 0 Å². The van der Waals surface area contributed by atoms with Gasteiger partial charge in [-0.2, -0.15) is 15.2 Å². The molecule has 1 amide bonds. The maximum atomic E-state index is 12.1. The smallest absolute Gasteiger partial charge is 0.278 e. The normalized spacial score (nSPS) is 14.9. The van der Waals surface area contributed by atoms with Gasteiger partial charge in [-0.05, 0) is 25.7 Å². The monoisotopic (exact) mass is 246 g/mol. The fraction of sp³-hybridized carbons (Fsp3) is 0.455. The summed E-state index contributed by atoms with van der Waals surface area (Å²) < 4.78 is 0. The number of hydrogen-bond donors (Lipinski definition) is 3. The van der Waals surface area contributed by atoms with Gasteiger partial charge in [0.25, 0.3) is 5.91 Å². The summed E-state index contributed by atoms with van der Waals surface area (Å²) in [6.07, 6.45) is 6.68. The van der Waals surface area contributed by atoms with Gasteiger partial charge in [0.05, 0.1) is 0 Å². The molecule has 0 aliphatic heterocycles. The van der Waals surface area contributed by atoms with Gasteiger partial charge in [-0.3, -0.25) is 15.2 Å². The van der Waals surface area contributed by atoms with Crippen molar-refractivity contribution >= 4 is 11.9 Å². The van der Waals surface area contributed by atoms with Crippen LogP contribution in [-0.2, 0) is 12.8 Å². The first-order valence-corrected chi connectivity index (χ1v) is 6.07. The molecule has 0 fully saturated rings. The van der Waals surface area contributed by atoms with Crippen molar-refractivity contribution in [2.75, 3.05) is 5.32 Å². The lowest BCUT2D eigenvalue weighted by molar-refractivity contribution is 0.102. The molecule has 1 aliphatic rings. The highest BCUT2D eigenvalue weighted by molar-refractivity contribution is 6.03. The molecule has 0 saturated carbocycles. The molecule has 2 heterocycles. The molecule has 18 heavy (non-hydrogen) atoms. The number of aryl methyl sites for hydroxylation is 1. The van der Waals surface area contributed by atoms with Gasteiger partial charge in [-0.15, -0.1) is 0 Å². The van der Waals surface area contributed by atoms with Crippen molar-refractivity contribution in [3.05, 3.63) is 23.3 Å². The second-order valence-electron chi connectivity index (χ2n) is 4.38. The summed E-state index contributed by atoms with van der Waals surface area (Å²) in [5, 5.41) is 16.0. The summed E-state index contributed by atoms with van der Waals surface area (Å²) in [6, 6.07) is 0. The van der Waals surface area contributed by atoms with Crippen LogP contribution in [0.25, 0.3) is 0 Å². The van der Waals surface area contributed by atoms with E-state index in [-0.39, 0.29) is 5.91 Å². The van der Waals surface area contributed by atoms with E-state index in [1.165, 1.54) is 12.7 Å². The van der Waals surface area contributed by atoms with Crippen molar-refractivity contribution in [2.24, 2.45) is 0 Å². The number of anilines is 1. The van der Waals surface area contributed by atoms with E-state index < -0.39 is 0 Å². The molecule has 0 bridgehead atoms. The minimum Gasteiger partial charge on any atom is -0.289 e. The number of H-pyrrole nitrogens is 2. The summed E-state index contributed by atoms with van der Waals surface area (Å²) in [7, 11) is 0. The molecule has 0 spiro atoms. The van der Waals surface area contributed by atoms with Gasteiger partial charge < -0.3 is 0 Å². The predicted molar refractivity (Wildman–Crippen MR) is 64.2 cm³/mol. The highest BCUT2D eigenvalue weighted by atomic mass is 16.2. The molecule has 3 rings (SSSR count). The number of carbonyl (C=O) groups is 1. The van der Waals surface area contributed by atoms with Gasteiger partial charge >= 0.3 is 0 Å². The van der Waals surface area contributed by atoms with Gasteiger partial charge in [-0.1, -0.05) is 6.42 Å². The molecule has 0 aromatic carbocycles. The van der Waals surface area contributed by atoms with E-state index in [9.17, 15) is 4.79 Å². The number of hydrogen-bond acceptors (Lipinski definition) is 4. The van der Waals surface area contributed by atoms with Crippen molar-refractivity contribution in [1.82, 2.24) is 25.4 Å². The van der Waals surface area contributed by atoms with Gasteiger partial charge in [0.15, 0.2) is 5.69 Å². The SMILES string of the molecule is O=C(Nc1ncn[nH]1)c1n[nH]c2c1CCCCC2. The standard InChI is InChI=1S/C11H14N6O/c18-10(14-11-12-6-13-17-11)9-7-4-2-1-3-5-8(7)15-16-9/h6H,1-5H2,(H,15,16)(H2,12,13,14,17,18). The Bertz CT molecular complexity index is 544. The molecule has 7 heteroatoms. The second-order valence-corrected chi connectivity index (χ2v) is 4.38. The minimum absolute atomic E-state index is 0.244. The van der Waals surface area contributed by atoms with E-state index in [1.807, 2.05) is 0 Å². The van der Waals surface area contributed by atoms with Gasteiger partial charge in [0.2, 0.25) is 5.95 Å². The fourth-order valence-electron chi connectivity index (χ4n) is 2.28. The van der Waals surface area contributed by atoms with Crippen LogP contribution in [0.5, 0.6) is 0 Å². The van der Waals surface area contributed by atoms with E-state index in [2.05, 4.69) is 30.7 Å². The third-order valence-corrected chi connectivity index (χ3v) is 3.17. The summed E-state index contributed by atoms with van der Waals surface area (Å²) in [5.74, 6) is 0.0940. The number of aromatic amines is 2. The zero-order valence-electron chi connectivity index (χ0n) is 9.86. The Kier molecular flexibility index (Phi) is 2.79. The number of carbonyl (C=O) groups excluding carboxylic acids is 1. The Labute approximate surface area is 103 Å². The summed E-state index contributed by atoms with van der Waals surface area (Å²) >= 11 is 0. The molecule has 2 aromatic rings. The lowest BCUT2D eigenvalue weighted by Gasteiger charge is -2.01. The molecule has 2 aromatic heterocycles. The van der Waals surface area contributed by atoms with E-state index in [1.54, 1.807) is 0 Å². The van der Waals surface area contributed by atoms with Crippen LogP contribution in [0.3, 0.4) is 0 Å². The average Bonchev–Trinajstić information content (AvgIpc) is 2.95. The van der Waals surface area contributed by atoms with Crippen molar-refractivity contribution in [3.63, 3.8) is 0 Å². The lowest BCUT2D eigenvalue weighted by Crippen LogP contribution is -2.15. The first kappa shape index (κ1) is 10.9. The Morgan fingerprint density at radius 3 is 2.94 bits per heavy atom. The fourth-order valence-corrected chi connectivity index (χ4v) is 2.28. The van der Waals surface area contributed by atoms with Crippen molar-refractivity contribution in [3.8, 4) is 0 Å². The molecule has 1 aliphatic carbocycles. The molecule has 3 N–H and O–H groups in total. The van der Waals surface area contributed by atoms with Crippen LogP contribution in [0.2, 0.25) is 0 Å². The molecule has 94 valence electrons. The summed E-state index contributed by atoms with van der Waals surface area (Å²) in [6.45, 7) is 0. The molecule has 0 radical (unpaired) electrons. The average molecular weight is 246 g/mol. The van der Waals surface area contributed by atoms with Gasteiger partial charge in [0, 0.05) is 11.3 Å². The van der Waals surface area contributed by atoms with Crippen molar-refractivity contribution < 1.29 is 4.79 Å². The zero-order chi connectivity index (χ0) is 12.4. The van der Waals surface area contributed by atoms with Crippen LogP contribution in [0.4, 0.5) is 5.95 Å². The number of nitrogens with one attached hydrogen (secondary N) is 3. The van der Waals surface area contributed by atoms with E-state index in [0.29, 0.717) is 11.6 Å². The molecule has 0 saturated heterocycles. The van der Waals surface area contributed by atoms with Gasteiger partial charge in [0.1, 0.15) is 6.33 Å². The minimum atomic E-state index is -0.244. The largest absolute Gasteiger partial charge is 0.289 e. The van der Waals surface area contributed by atoms with Crippen LogP contribution in [0.1, 0.15) is 41.0 Å². The highest BCUT2D eigenvalue weighted by Crippen LogP contribution is 2.21. The van der Waals surface area contributed by atoms with Gasteiger partial charge in [-0.25, -0.2) is 5.10 Å². The summed E-state index contributed by atoms with van der Waals surface area (Å²) in [5.41, 5.74) is 2.61. The highest BCUT2D eigenvalue weighted by Gasteiger charge is 2.21. The quantitative estimate of drug-likeness (QED) is 0.689. The third kappa shape index (κ3) is 1.99. The van der Waals surface area contributed by atoms with E-state index in [4.69, 9.17) is 0 Å². The number of fused-ring (bicyclic) bond motifs is 1. The molecule has 7 nitrogen and oxygen atoms in total. The molecular formula is C11H14N6O. The maximum Gasteiger partial charge on any atom is 0.278 e.